The number of hydrogen-bond donors (Lipinski definition) is 2. The lowest BCUT2D eigenvalue weighted by Crippen LogP contribution is -2.42. The molecule has 20 heavy (non-hydrogen) atoms. The molecule has 0 aromatic heterocycles. The quantitative estimate of drug-likeness (QED) is 0.837. The van der Waals surface area contributed by atoms with Crippen LogP contribution in [0.5, 0.6) is 0 Å². The molecule has 0 aliphatic heterocycles. The lowest BCUT2D eigenvalue weighted by Gasteiger charge is -2.16. The summed E-state index contributed by atoms with van der Waals surface area (Å²) in [5.41, 5.74) is 1.16. The third-order valence-electron chi connectivity index (χ3n) is 3.68. The molecule has 0 radical (unpaired) electrons. The van der Waals surface area contributed by atoms with Gasteiger partial charge in [0.1, 0.15) is 6.04 Å². The van der Waals surface area contributed by atoms with Gasteiger partial charge in [-0.2, -0.15) is 0 Å². The van der Waals surface area contributed by atoms with E-state index in [9.17, 15) is 9.59 Å². The number of amides is 1. The molecule has 0 heterocycles. The zero-order chi connectivity index (χ0) is 14.7. The molecule has 0 spiro atoms. The highest BCUT2D eigenvalue weighted by Crippen LogP contribution is 2.47. The predicted molar refractivity (Wildman–Crippen MR) is 76.3 cm³/mol. The Bertz CT molecular complexity index is 484. The molecule has 0 bridgehead atoms. The van der Waals surface area contributed by atoms with Crippen molar-refractivity contribution >= 4 is 11.9 Å². The van der Waals surface area contributed by atoms with Crippen LogP contribution in [0.15, 0.2) is 30.3 Å². The van der Waals surface area contributed by atoms with E-state index in [1.807, 2.05) is 44.2 Å². The van der Waals surface area contributed by atoms with Crippen LogP contribution in [0.25, 0.3) is 0 Å². The van der Waals surface area contributed by atoms with E-state index >= 15 is 0 Å². The van der Waals surface area contributed by atoms with Crippen molar-refractivity contribution in [2.75, 3.05) is 0 Å². The van der Waals surface area contributed by atoms with Crippen LogP contribution in [0.1, 0.15) is 38.2 Å². The summed E-state index contributed by atoms with van der Waals surface area (Å²) in [6.07, 6.45) is 1.27. The highest BCUT2D eigenvalue weighted by atomic mass is 16.4. The average molecular weight is 275 g/mol. The Hall–Kier alpha value is -1.84. The topological polar surface area (TPSA) is 66.4 Å². The molecule has 108 valence electrons. The van der Waals surface area contributed by atoms with E-state index in [-0.39, 0.29) is 23.7 Å². The minimum absolute atomic E-state index is 0.0774. The lowest BCUT2D eigenvalue weighted by atomic mass is 10.0. The molecule has 3 unspecified atom stereocenters. The molecule has 1 aliphatic rings. The van der Waals surface area contributed by atoms with E-state index in [4.69, 9.17) is 5.11 Å². The minimum atomic E-state index is -0.955. The molecule has 2 N–H and O–H groups in total. The van der Waals surface area contributed by atoms with E-state index in [0.29, 0.717) is 6.42 Å². The van der Waals surface area contributed by atoms with Gasteiger partial charge in [0.25, 0.3) is 0 Å². The number of nitrogens with one attached hydrogen (secondary N) is 1. The molecule has 2 rings (SSSR count). The summed E-state index contributed by atoms with van der Waals surface area (Å²) in [7, 11) is 0. The van der Waals surface area contributed by atoms with Gasteiger partial charge in [-0.15, -0.1) is 0 Å². The SMILES string of the molecule is CC(C)CC(NC(=O)C1CC1c1ccccc1)C(=O)O. The number of rotatable bonds is 6. The highest BCUT2D eigenvalue weighted by Gasteiger charge is 2.44. The second-order valence-electron chi connectivity index (χ2n) is 5.89. The van der Waals surface area contributed by atoms with E-state index < -0.39 is 12.0 Å². The van der Waals surface area contributed by atoms with Crippen molar-refractivity contribution in [1.82, 2.24) is 5.32 Å². The number of hydrogen-bond acceptors (Lipinski definition) is 2. The second-order valence-corrected chi connectivity index (χ2v) is 5.89. The maximum absolute atomic E-state index is 12.1. The van der Waals surface area contributed by atoms with Gasteiger partial charge in [-0.05, 0) is 30.2 Å². The third-order valence-corrected chi connectivity index (χ3v) is 3.68. The molecule has 1 saturated carbocycles. The first-order valence-electron chi connectivity index (χ1n) is 7.07. The predicted octanol–water partition coefficient (Wildman–Crippen LogP) is 2.41. The largest absolute Gasteiger partial charge is 0.480 e. The number of benzene rings is 1. The second kappa shape index (κ2) is 6.07. The zero-order valence-electron chi connectivity index (χ0n) is 11.9. The summed E-state index contributed by atoms with van der Waals surface area (Å²) in [4.78, 5) is 23.3. The van der Waals surface area contributed by atoms with Gasteiger partial charge in [0.05, 0.1) is 0 Å². The van der Waals surface area contributed by atoms with Crippen molar-refractivity contribution in [2.45, 2.75) is 38.6 Å². The smallest absolute Gasteiger partial charge is 0.326 e. The molecule has 1 aromatic rings. The molecular weight excluding hydrogens is 254 g/mol. The van der Waals surface area contributed by atoms with Crippen molar-refractivity contribution in [2.24, 2.45) is 11.8 Å². The third kappa shape index (κ3) is 3.59. The Kier molecular flexibility index (Phi) is 4.42. The van der Waals surface area contributed by atoms with Crippen LogP contribution < -0.4 is 5.32 Å². The maximum atomic E-state index is 12.1. The van der Waals surface area contributed by atoms with Crippen LogP contribution in [0.2, 0.25) is 0 Å². The zero-order valence-corrected chi connectivity index (χ0v) is 11.9. The van der Waals surface area contributed by atoms with Gasteiger partial charge in [0, 0.05) is 5.92 Å². The molecule has 4 nitrogen and oxygen atoms in total. The molecule has 1 fully saturated rings. The van der Waals surface area contributed by atoms with Crippen LogP contribution >= 0.6 is 0 Å². The molecular formula is C16H21NO3. The summed E-state index contributed by atoms with van der Waals surface area (Å²) >= 11 is 0. The van der Waals surface area contributed by atoms with Crippen molar-refractivity contribution in [3.8, 4) is 0 Å². The number of carboxylic acids is 1. The van der Waals surface area contributed by atoms with Crippen LogP contribution in [-0.4, -0.2) is 23.0 Å². The van der Waals surface area contributed by atoms with E-state index in [0.717, 1.165) is 12.0 Å². The van der Waals surface area contributed by atoms with Crippen LogP contribution in [0, 0.1) is 11.8 Å². The number of carbonyl (C=O) groups excluding carboxylic acids is 1. The van der Waals surface area contributed by atoms with Crippen molar-refractivity contribution in [3.05, 3.63) is 35.9 Å². The highest BCUT2D eigenvalue weighted by molar-refractivity contribution is 5.87. The van der Waals surface area contributed by atoms with E-state index in [2.05, 4.69) is 5.32 Å². The molecule has 1 aromatic carbocycles. The Balaban J connectivity index is 1.91. The number of aliphatic carboxylic acids is 1. The van der Waals surface area contributed by atoms with Gasteiger partial charge < -0.3 is 10.4 Å². The van der Waals surface area contributed by atoms with Crippen LogP contribution in [-0.2, 0) is 9.59 Å². The molecule has 1 aliphatic carbocycles. The van der Waals surface area contributed by atoms with E-state index in [1.54, 1.807) is 0 Å². The molecule has 1 amide bonds. The maximum Gasteiger partial charge on any atom is 0.326 e. The minimum Gasteiger partial charge on any atom is -0.480 e. The van der Waals surface area contributed by atoms with Crippen LogP contribution in [0.4, 0.5) is 0 Å². The fourth-order valence-corrected chi connectivity index (χ4v) is 2.53. The van der Waals surface area contributed by atoms with Crippen molar-refractivity contribution in [1.29, 1.82) is 0 Å². The summed E-state index contributed by atoms with van der Waals surface area (Å²) in [6.45, 7) is 3.90. The average Bonchev–Trinajstić information content (AvgIpc) is 3.18. The Labute approximate surface area is 119 Å². The van der Waals surface area contributed by atoms with E-state index in [1.165, 1.54) is 0 Å². The monoisotopic (exact) mass is 275 g/mol. The summed E-state index contributed by atoms with van der Waals surface area (Å²) < 4.78 is 0. The lowest BCUT2D eigenvalue weighted by molar-refractivity contribution is -0.142. The van der Waals surface area contributed by atoms with Crippen molar-refractivity contribution in [3.63, 3.8) is 0 Å². The first-order valence-corrected chi connectivity index (χ1v) is 7.07. The molecule has 0 saturated heterocycles. The standard InChI is InChI=1S/C16H21NO3/c1-10(2)8-14(16(19)20)17-15(18)13-9-12(13)11-6-4-3-5-7-11/h3-7,10,12-14H,8-9H2,1-2H3,(H,17,18)(H,19,20). The van der Waals surface area contributed by atoms with Gasteiger partial charge in [-0.3, -0.25) is 4.79 Å². The summed E-state index contributed by atoms with van der Waals surface area (Å²) in [5.74, 6) is -0.688. The normalized spacial score (nSPS) is 22.4. The number of carbonyl (C=O) groups is 2. The van der Waals surface area contributed by atoms with Gasteiger partial charge in [0.2, 0.25) is 5.91 Å². The van der Waals surface area contributed by atoms with Gasteiger partial charge in [-0.1, -0.05) is 44.2 Å². The Morgan fingerprint density at radius 1 is 1.30 bits per heavy atom. The molecule has 3 atom stereocenters. The van der Waals surface area contributed by atoms with Crippen LogP contribution in [0.3, 0.4) is 0 Å². The van der Waals surface area contributed by atoms with Crippen molar-refractivity contribution < 1.29 is 14.7 Å². The fraction of sp³-hybridized carbons (Fsp3) is 0.500. The van der Waals surface area contributed by atoms with Gasteiger partial charge >= 0.3 is 5.97 Å². The Morgan fingerprint density at radius 3 is 2.50 bits per heavy atom. The van der Waals surface area contributed by atoms with Gasteiger partial charge in [0.15, 0.2) is 0 Å². The first-order chi connectivity index (χ1) is 9.49. The Morgan fingerprint density at radius 2 is 1.95 bits per heavy atom. The van der Waals surface area contributed by atoms with Gasteiger partial charge in [-0.25, -0.2) is 4.79 Å². The number of carboxylic acid groups (broad SMARTS) is 1. The summed E-state index contributed by atoms with van der Waals surface area (Å²) in [5, 5.41) is 11.8. The summed E-state index contributed by atoms with van der Waals surface area (Å²) in [6, 6.07) is 9.12. The fourth-order valence-electron chi connectivity index (χ4n) is 2.53. The first kappa shape index (κ1) is 14.6. The molecule has 4 heteroatoms.